The molecule has 2 aromatic carbocycles. The lowest BCUT2D eigenvalue weighted by atomic mass is 10.0. The van der Waals surface area contributed by atoms with Gasteiger partial charge in [-0.05, 0) is 78.4 Å². The van der Waals surface area contributed by atoms with E-state index >= 15 is 0 Å². The Morgan fingerprint density at radius 1 is 1.17 bits per heavy atom. The summed E-state index contributed by atoms with van der Waals surface area (Å²) >= 11 is 7.55. The summed E-state index contributed by atoms with van der Waals surface area (Å²) in [6.07, 6.45) is 1.26. The van der Waals surface area contributed by atoms with E-state index in [1.807, 2.05) is 18.4 Å². The van der Waals surface area contributed by atoms with Gasteiger partial charge >= 0.3 is 0 Å². The molecule has 1 atom stereocenters. The van der Waals surface area contributed by atoms with Crippen LogP contribution in [0.15, 0.2) is 64.9 Å². The maximum absolute atomic E-state index is 13.5. The molecule has 0 aliphatic carbocycles. The van der Waals surface area contributed by atoms with Crippen LogP contribution in [0.3, 0.4) is 0 Å². The van der Waals surface area contributed by atoms with E-state index in [1.54, 1.807) is 28.4 Å². The molecule has 10 heteroatoms. The van der Waals surface area contributed by atoms with Crippen LogP contribution in [0.2, 0.25) is 5.02 Å². The van der Waals surface area contributed by atoms with E-state index in [-0.39, 0.29) is 42.4 Å². The summed E-state index contributed by atoms with van der Waals surface area (Å²) in [4.78, 5) is 16.5. The molecule has 0 unspecified atom stereocenters. The molecule has 0 spiro atoms. The fraction of sp³-hybridized carbons (Fsp3) is 0.320. The number of carbonyl (C=O) groups is 1. The molecule has 0 radical (unpaired) electrons. The van der Waals surface area contributed by atoms with Crippen LogP contribution in [0.25, 0.3) is 0 Å². The van der Waals surface area contributed by atoms with Crippen molar-refractivity contribution < 1.29 is 22.3 Å². The molecule has 0 saturated heterocycles. The third kappa shape index (κ3) is 5.86. The number of hydrogen-bond donors (Lipinski definition) is 0. The molecule has 1 aliphatic heterocycles. The van der Waals surface area contributed by atoms with Gasteiger partial charge in [-0.3, -0.25) is 4.79 Å². The zero-order valence-corrected chi connectivity index (χ0v) is 21.6. The van der Waals surface area contributed by atoms with Gasteiger partial charge in [0.1, 0.15) is 18.2 Å². The SMILES string of the molecule is CCCN(CC(=O)N1CCc2sccc2[C@@H]1COc1ccc(F)cc1)S(=O)(=O)c1ccc(Cl)cc1. The van der Waals surface area contributed by atoms with Crippen LogP contribution in [-0.2, 0) is 21.2 Å². The number of benzene rings is 2. The van der Waals surface area contributed by atoms with Gasteiger partial charge in [-0.25, -0.2) is 12.8 Å². The highest BCUT2D eigenvalue weighted by Crippen LogP contribution is 2.34. The molecule has 4 rings (SSSR count). The Kier molecular flexibility index (Phi) is 8.11. The van der Waals surface area contributed by atoms with Crippen molar-refractivity contribution in [1.29, 1.82) is 0 Å². The second-order valence-electron chi connectivity index (χ2n) is 8.21. The lowest BCUT2D eigenvalue weighted by Crippen LogP contribution is -2.48. The monoisotopic (exact) mass is 536 g/mol. The number of ether oxygens (including phenoxy) is 1. The summed E-state index contributed by atoms with van der Waals surface area (Å²) < 4.78 is 47.0. The molecular weight excluding hydrogens is 511 g/mol. The van der Waals surface area contributed by atoms with Crippen LogP contribution in [0.1, 0.15) is 29.8 Å². The van der Waals surface area contributed by atoms with Gasteiger partial charge in [0.05, 0.1) is 17.5 Å². The number of fused-ring (bicyclic) bond motifs is 1. The van der Waals surface area contributed by atoms with Crippen LogP contribution in [-0.4, -0.2) is 49.8 Å². The highest BCUT2D eigenvalue weighted by molar-refractivity contribution is 7.89. The first-order chi connectivity index (χ1) is 16.8. The fourth-order valence-electron chi connectivity index (χ4n) is 4.11. The molecule has 35 heavy (non-hydrogen) atoms. The van der Waals surface area contributed by atoms with Crippen molar-refractivity contribution in [2.24, 2.45) is 0 Å². The summed E-state index contributed by atoms with van der Waals surface area (Å²) in [6.45, 7) is 2.45. The molecule has 1 amide bonds. The van der Waals surface area contributed by atoms with E-state index in [2.05, 4.69) is 0 Å². The van der Waals surface area contributed by atoms with Gasteiger partial charge in [0.25, 0.3) is 0 Å². The molecule has 3 aromatic rings. The van der Waals surface area contributed by atoms with E-state index in [1.165, 1.54) is 45.6 Å². The highest BCUT2D eigenvalue weighted by atomic mass is 35.5. The van der Waals surface area contributed by atoms with Gasteiger partial charge in [0.2, 0.25) is 15.9 Å². The van der Waals surface area contributed by atoms with Gasteiger partial charge < -0.3 is 9.64 Å². The molecule has 0 fully saturated rings. The van der Waals surface area contributed by atoms with Gasteiger partial charge in [0, 0.05) is 23.0 Å². The topological polar surface area (TPSA) is 66.9 Å². The Hall–Kier alpha value is -2.46. The van der Waals surface area contributed by atoms with Crippen LogP contribution in [0.4, 0.5) is 4.39 Å². The minimum absolute atomic E-state index is 0.0955. The third-order valence-corrected chi connectivity index (χ3v) is 8.98. The summed E-state index contributed by atoms with van der Waals surface area (Å²) in [5.74, 6) is -0.149. The highest BCUT2D eigenvalue weighted by Gasteiger charge is 2.35. The average Bonchev–Trinajstić information content (AvgIpc) is 3.32. The number of carbonyl (C=O) groups excluding carboxylic acids is 1. The minimum Gasteiger partial charge on any atom is -0.491 e. The van der Waals surface area contributed by atoms with Crippen molar-refractivity contribution in [1.82, 2.24) is 9.21 Å². The third-order valence-electron chi connectivity index (χ3n) is 5.87. The van der Waals surface area contributed by atoms with Gasteiger partial charge in [-0.1, -0.05) is 18.5 Å². The number of halogens is 2. The smallest absolute Gasteiger partial charge is 0.243 e. The molecule has 0 saturated carbocycles. The van der Waals surface area contributed by atoms with Gasteiger partial charge in [-0.15, -0.1) is 11.3 Å². The van der Waals surface area contributed by atoms with Crippen LogP contribution in [0.5, 0.6) is 5.75 Å². The predicted molar refractivity (Wildman–Crippen MR) is 135 cm³/mol. The van der Waals surface area contributed by atoms with Crippen LogP contribution in [0, 0.1) is 5.82 Å². The van der Waals surface area contributed by atoms with Crippen molar-refractivity contribution in [3.05, 3.63) is 81.3 Å². The number of amides is 1. The largest absolute Gasteiger partial charge is 0.491 e. The Labute approximate surface area is 213 Å². The van der Waals surface area contributed by atoms with Gasteiger partial charge in [-0.2, -0.15) is 4.31 Å². The molecule has 1 aromatic heterocycles. The number of sulfonamides is 1. The van der Waals surface area contributed by atoms with Crippen molar-refractivity contribution in [2.45, 2.75) is 30.7 Å². The summed E-state index contributed by atoms with van der Waals surface area (Å²) in [5, 5.41) is 2.42. The summed E-state index contributed by atoms with van der Waals surface area (Å²) in [5.41, 5.74) is 0.999. The molecule has 0 N–H and O–H groups in total. The number of nitrogens with zero attached hydrogens (tertiary/aromatic N) is 2. The molecule has 6 nitrogen and oxygen atoms in total. The van der Waals surface area contributed by atoms with E-state index in [4.69, 9.17) is 16.3 Å². The maximum atomic E-state index is 13.5. The first kappa shape index (κ1) is 25.6. The predicted octanol–water partition coefficient (Wildman–Crippen LogP) is 5.15. The average molecular weight is 537 g/mol. The Bertz CT molecular complexity index is 1260. The molecule has 2 heterocycles. The second-order valence-corrected chi connectivity index (χ2v) is 11.6. The van der Waals surface area contributed by atoms with E-state index in [0.29, 0.717) is 30.2 Å². The quantitative estimate of drug-likeness (QED) is 0.379. The zero-order chi connectivity index (χ0) is 25.0. The molecular formula is C25H26ClFN2O4S2. The van der Waals surface area contributed by atoms with E-state index < -0.39 is 10.0 Å². The molecule has 0 bridgehead atoms. The normalized spacial score (nSPS) is 15.8. The first-order valence-electron chi connectivity index (χ1n) is 11.3. The van der Waals surface area contributed by atoms with Crippen LogP contribution >= 0.6 is 22.9 Å². The van der Waals surface area contributed by atoms with Crippen molar-refractivity contribution in [3.63, 3.8) is 0 Å². The minimum atomic E-state index is -3.88. The number of thiophene rings is 1. The Morgan fingerprint density at radius 3 is 2.57 bits per heavy atom. The van der Waals surface area contributed by atoms with E-state index in [0.717, 1.165) is 5.56 Å². The Morgan fingerprint density at radius 2 is 1.89 bits per heavy atom. The zero-order valence-electron chi connectivity index (χ0n) is 19.2. The Balaban J connectivity index is 1.55. The van der Waals surface area contributed by atoms with E-state index in [9.17, 15) is 17.6 Å². The van der Waals surface area contributed by atoms with Gasteiger partial charge in [0.15, 0.2) is 0 Å². The standard InChI is InChI=1S/C25H26ClFN2O4S2/c1-2-13-28(35(31,32)21-9-3-18(26)4-10-21)16-25(30)29-14-11-24-22(12-15-34-24)23(29)17-33-20-7-5-19(27)6-8-20/h3-10,12,15,23H,2,11,13-14,16-17H2,1H3/t23-/m0/s1. The lowest BCUT2D eigenvalue weighted by molar-refractivity contribution is -0.135. The first-order valence-corrected chi connectivity index (χ1v) is 14.0. The number of rotatable bonds is 9. The van der Waals surface area contributed by atoms with Crippen molar-refractivity contribution in [2.75, 3.05) is 26.2 Å². The number of hydrogen-bond acceptors (Lipinski definition) is 5. The second kappa shape index (κ2) is 11.1. The lowest BCUT2D eigenvalue weighted by Gasteiger charge is -2.37. The van der Waals surface area contributed by atoms with Crippen LogP contribution < -0.4 is 4.74 Å². The summed E-state index contributed by atoms with van der Waals surface area (Å²) in [6, 6.07) is 13.3. The molecule has 186 valence electrons. The summed E-state index contributed by atoms with van der Waals surface area (Å²) in [7, 11) is -3.88. The van der Waals surface area contributed by atoms with Crippen molar-refractivity contribution >= 4 is 38.9 Å². The van der Waals surface area contributed by atoms with Crippen molar-refractivity contribution in [3.8, 4) is 5.75 Å². The molecule has 1 aliphatic rings. The maximum Gasteiger partial charge on any atom is 0.243 e. The fourth-order valence-corrected chi connectivity index (χ4v) is 6.65.